The van der Waals surface area contributed by atoms with Gasteiger partial charge >= 0.3 is 0 Å². The van der Waals surface area contributed by atoms with Crippen LogP contribution in [0.1, 0.15) is 29.6 Å². The summed E-state index contributed by atoms with van der Waals surface area (Å²) in [7, 11) is 0. The van der Waals surface area contributed by atoms with E-state index < -0.39 is 11.7 Å². The highest BCUT2D eigenvalue weighted by Gasteiger charge is 2.23. The van der Waals surface area contributed by atoms with E-state index in [0.717, 1.165) is 12.8 Å². The maximum atomic E-state index is 13.4. The first kappa shape index (κ1) is 12.8. The van der Waals surface area contributed by atoms with Crippen molar-refractivity contribution in [2.45, 2.75) is 25.4 Å². The monoisotopic (exact) mass is 252 g/mol. The van der Waals surface area contributed by atoms with Crippen LogP contribution in [0.5, 0.6) is 0 Å². The van der Waals surface area contributed by atoms with Crippen molar-refractivity contribution in [1.82, 2.24) is 5.32 Å². The molecule has 0 aliphatic heterocycles. The van der Waals surface area contributed by atoms with Gasteiger partial charge in [-0.25, -0.2) is 4.39 Å². The van der Waals surface area contributed by atoms with Gasteiger partial charge in [0.25, 0.3) is 5.91 Å². The van der Waals surface area contributed by atoms with Crippen molar-refractivity contribution in [2.24, 2.45) is 5.92 Å². The number of benzene rings is 1. The highest BCUT2D eigenvalue weighted by atomic mass is 19.1. The Kier molecular flexibility index (Phi) is 3.81. The topological polar surface area (TPSA) is 75.4 Å². The maximum absolute atomic E-state index is 13.4. The maximum Gasteiger partial charge on any atom is 0.254 e. The van der Waals surface area contributed by atoms with Gasteiger partial charge in [0.15, 0.2) is 0 Å². The van der Waals surface area contributed by atoms with Crippen molar-refractivity contribution in [1.29, 1.82) is 0 Å². The predicted molar refractivity (Wildman–Crippen MR) is 66.5 cm³/mol. The molecule has 1 fully saturated rings. The first-order chi connectivity index (χ1) is 8.56. The molecule has 0 saturated heterocycles. The molecule has 4 N–H and O–H groups in total. The van der Waals surface area contributed by atoms with Gasteiger partial charge in [-0.1, -0.05) is 0 Å². The van der Waals surface area contributed by atoms with E-state index in [0.29, 0.717) is 18.7 Å². The summed E-state index contributed by atoms with van der Waals surface area (Å²) in [4.78, 5) is 11.8. The number of aliphatic hydroxyl groups excluding tert-OH is 1. The largest absolute Gasteiger partial charge is 0.399 e. The van der Waals surface area contributed by atoms with Crippen LogP contribution in [0.3, 0.4) is 0 Å². The van der Waals surface area contributed by atoms with Gasteiger partial charge in [-0.05, 0) is 43.4 Å². The van der Waals surface area contributed by atoms with E-state index >= 15 is 0 Å². The first-order valence-electron chi connectivity index (χ1n) is 6.07. The van der Waals surface area contributed by atoms with Crippen molar-refractivity contribution in [2.75, 3.05) is 12.3 Å². The summed E-state index contributed by atoms with van der Waals surface area (Å²) in [5, 5.41) is 12.1. The lowest BCUT2D eigenvalue weighted by Gasteiger charge is -2.11. The molecule has 0 spiro atoms. The number of aliphatic hydroxyl groups is 1. The fraction of sp³-hybridized carbons (Fsp3) is 0.462. The molecule has 4 nitrogen and oxygen atoms in total. The second kappa shape index (κ2) is 5.35. The molecule has 1 aromatic rings. The Morgan fingerprint density at radius 1 is 1.50 bits per heavy atom. The molecule has 1 saturated carbocycles. The zero-order valence-corrected chi connectivity index (χ0v) is 10.0. The lowest BCUT2D eigenvalue weighted by molar-refractivity contribution is 0.0941. The summed E-state index contributed by atoms with van der Waals surface area (Å²) in [6.45, 7) is 0.462. The van der Waals surface area contributed by atoms with Crippen LogP contribution in [0.2, 0.25) is 0 Å². The number of nitrogen functional groups attached to an aromatic ring is 1. The van der Waals surface area contributed by atoms with Gasteiger partial charge < -0.3 is 16.2 Å². The van der Waals surface area contributed by atoms with E-state index in [9.17, 15) is 14.3 Å². The molecule has 0 heterocycles. The summed E-state index contributed by atoms with van der Waals surface area (Å²) in [5.74, 6) is -0.762. The Hall–Kier alpha value is -1.62. The van der Waals surface area contributed by atoms with Crippen molar-refractivity contribution in [3.8, 4) is 0 Å². The highest BCUT2D eigenvalue weighted by Crippen LogP contribution is 2.24. The van der Waals surface area contributed by atoms with Crippen molar-refractivity contribution in [3.05, 3.63) is 29.6 Å². The number of hydrogen-bond donors (Lipinski definition) is 3. The molecule has 5 heteroatoms. The zero-order valence-electron chi connectivity index (χ0n) is 10.0. The molecule has 0 bridgehead atoms. The third-order valence-corrected chi connectivity index (χ3v) is 3.30. The Morgan fingerprint density at radius 3 is 2.94 bits per heavy atom. The minimum Gasteiger partial charge on any atom is -0.399 e. The Labute approximate surface area is 105 Å². The van der Waals surface area contributed by atoms with Gasteiger partial charge in [0.05, 0.1) is 11.7 Å². The van der Waals surface area contributed by atoms with Crippen LogP contribution in [0.4, 0.5) is 10.1 Å². The molecule has 1 amide bonds. The second-order valence-corrected chi connectivity index (χ2v) is 4.78. The standard InChI is InChI=1S/C13H17FN2O2/c14-12-4-2-9(15)6-11(12)13(18)16-7-8-1-3-10(17)5-8/h2,4,6,8,10,17H,1,3,5,7,15H2,(H,16,18). The molecular weight excluding hydrogens is 235 g/mol. The molecule has 1 aromatic carbocycles. The fourth-order valence-corrected chi connectivity index (χ4v) is 2.28. The zero-order chi connectivity index (χ0) is 13.1. The van der Waals surface area contributed by atoms with E-state index in [-0.39, 0.29) is 17.6 Å². The van der Waals surface area contributed by atoms with Crippen molar-refractivity contribution in [3.63, 3.8) is 0 Å². The van der Waals surface area contributed by atoms with Gasteiger partial charge in [0, 0.05) is 12.2 Å². The lowest BCUT2D eigenvalue weighted by atomic mass is 10.1. The number of amides is 1. The number of carbonyl (C=O) groups is 1. The average Bonchev–Trinajstić information content (AvgIpc) is 2.75. The van der Waals surface area contributed by atoms with Gasteiger partial charge in [0.2, 0.25) is 0 Å². The van der Waals surface area contributed by atoms with Crippen LogP contribution in [0, 0.1) is 11.7 Å². The van der Waals surface area contributed by atoms with Gasteiger partial charge in [-0.15, -0.1) is 0 Å². The van der Waals surface area contributed by atoms with Crippen molar-refractivity contribution < 1.29 is 14.3 Å². The summed E-state index contributed by atoms with van der Waals surface area (Å²) in [6, 6.07) is 3.93. The molecular formula is C13H17FN2O2. The highest BCUT2D eigenvalue weighted by molar-refractivity contribution is 5.95. The number of halogens is 1. The normalized spacial score (nSPS) is 23.0. The summed E-state index contributed by atoms with van der Waals surface area (Å²) in [5.41, 5.74) is 5.85. The third kappa shape index (κ3) is 2.98. The van der Waals surface area contributed by atoms with E-state index in [1.165, 1.54) is 18.2 Å². The molecule has 1 aliphatic rings. The smallest absolute Gasteiger partial charge is 0.254 e. The van der Waals surface area contributed by atoms with Crippen molar-refractivity contribution >= 4 is 11.6 Å². The van der Waals surface area contributed by atoms with Crippen LogP contribution in [0.25, 0.3) is 0 Å². The van der Waals surface area contributed by atoms with Gasteiger partial charge in [-0.3, -0.25) is 4.79 Å². The number of carbonyl (C=O) groups excluding carboxylic acids is 1. The number of rotatable bonds is 3. The predicted octanol–water partition coefficient (Wildman–Crippen LogP) is 1.30. The average molecular weight is 252 g/mol. The van der Waals surface area contributed by atoms with Crippen LogP contribution < -0.4 is 11.1 Å². The van der Waals surface area contributed by atoms with E-state index in [2.05, 4.69) is 5.32 Å². The first-order valence-corrected chi connectivity index (χ1v) is 6.07. The molecule has 2 rings (SSSR count). The van der Waals surface area contributed by atoms with Gasteiger partial charge in [0.1, 0.15) is 5.82 Å². The summed E-state index contributed by atoms with van der Waals surface area (Å²) >= 11 is 0. The van der Waals surface area contributed by atoms with E-state index in [1.54, 1.807) is 0 Å². The quantitative estimate of drug-likeness (QED) is 0.710. The third-order valence-electron chi connectivity index (χ3n) is 3.30. The molecule has 98 valence electrons. The number of nitrogens with two attached hydrogens (primary N) is 1. The number of anilines is 1. The molecule has 2 atom stereocenters. The Morgan fingerprint density at radius 2 is 2.28 bits per heavy atom. The lowest BCUT2D eigenvalue weighted by Crippen LogP contribution is -2.29. The summed E-state index contributed by atoms with van der Waals surface area (Å²) < 4.78 is 13.4. The molecule has 18 heavy (non-hydrogen) atoms. The van der Waals surface area contributed by atoms with Crippen LogP contribution >= 0.6 is 0 Å². The number of hydrogen-bond acceptors (Lipinski definition) is 3. The van der Waals surface area contributed by atoms with Gasteiger partial charge in [-0.2, -0.15) is 0 Å². The minimum atomic E-state index is -0.576. The second-order valence-electron chi connectivity index (χ2n) is 4.78. The number of nitrogens with one attached hydrogen (secondary N) is 1. The molecule has 0 aromatic heterocycles. The van der Waals surface area contributed by atoms with Crippen LogP contribution in [0.15, 0.2) is 18.2 Å². The molecule has 0 radical (unpaired) electrons. The SMILES string of the molecule is Nc1ccc(F)c(C(=O)NCC2CCC(O)C2)c1. The molecule has 2 unspecified atom stereocenters. The molecule has 1 aliphatic carbocycles. The minimum absolute atomic E-state index is 0.0338. The van der Waals surface area contributed by atoms with Crippen LogP contribution in [-0.4, -0.2) is 23.7 Å². The summed E-state index contributed by atoms with van der Waals surface area (Å²) in [6.07, 6.45) is 2.09. The van der Waals surface area contributed by atoms with Crippen LogP contribution in [-0.2, 0) is 0 Å². The fourth-order valence-electron chi connectivity index (χ4n) is 2.28. The Bertz CT molecular complexity index is 451. The Balaban J connectivity index is 1.93. The van der Waals surface area contributed by atoms with E-state index in [1.807, 2.05) is 0 Å². The van der Waals surface area contributed by atoms with E-state index in [4.69, 9.17) is 5.73 Å².